The zero-order valence-corrected chi connectivity index (χ0v) is 8.67. The van der Waals surface area contributed by atoms with Crippen molar-refractivity contribution >= 4 is 11.9 Å². The van der Waals surface area contributed by atoms with E-state index in [0.29, 0.717) is 0 Å². The van der Waals surface area contributed by atoms with Crippen LogP contribution in [0.25, 0.3) is 0 Å². The number of alkyl halides is 3. The minimum atomic E-state index is -5.11. The quantitative estimate of drug-likeness (QED) is 0.739. The summed E-state index contributed by atoms with van der Waals surface area (Å²) in [6.45, 7) is 2.66. The number of carbonyl (C=O) groups excluding carboxylic acids is 1. The third-order valence-corrected chi connectivity index (χ3v) is 1.46. The van der Waals surface area contributed by atoms with Crippen LogP contribution in [0.4, 0.5) is 13.2 Å². The van der Waals surface area contributed by atoms with Gasteiger partial charge in [-0.25, -0.2) is 4.79 Å². The molecule has 0 aliphatic heterocycles. The van der Waals surface area contributed by atoms with E-state index in [2.05, 4.69) is 0 Å². The zero-order valence-electron chi connectivity index (χ0n) is 8.67. The number of aliphatic carboxylic acids is 1. The monoisotopic (exact) mass is 243 g/mol. The topological polar surface area (TPSA) is 75.6 Å². The lowest BCUT2D eigenvalue weighted by Crippen LogP contribution is -2.49. The summed E-state index contributed by atoms with van der Waals surface area (Å²) in [6, 6.07) is -1.71. The van der Waals surface area contributed by atoms with Crippen LogP contribution in [0, 0.1) is 0 Å². The molecule has 16 heavy (non-hydrogen) atoms. The average molecular weight is 243 g/mol. The molecule has 2 N–H and O–H groups in total. The Morgan fingerprint density at radius 1 is 1.38 bits per heavy atom. The molecule has 0 aliphatic carbocycles. The number of hydrogen-bond acceptors (Lipinski definition) is 3. The molecule has 8 heteroatoms. The van der Waals surface area contributed by atoms with Crippen molar-refractivity contribution in [1.82, 2.24) is 5.32 Å². The maximum Gasteiger partial charge on any atom is 0.471 e. The first kappa shape index (κ1) is 14.7. The minimum Gasteiger partial charge on any atom is -0.480 e. The van der Waals surface area contributed by atoms with Crippen LogP contribution < -0.4 is 5.32 Å². The second-order valence-corrected chi connectivity index (χ2v) is 3.24. The van der Waals surface area contributed by atoms with E-state index in [4.69, 9.17) is 9.84 Å². The highest BCUT2D eigenvalue weighted by molar-refractivity contribution is 5.86. The molecule has 0 bridgehead atoms. The summed E-state index contributed by atoms with van der Waals surface area (Å²) in [7, 11) is 0. The second-order valence-electron chi connectivity index (χ2n) is 3.24. The van der Waals surface area contributed by atoms with Crippen molar-refractivity contribution in [3.8, 4) is 0 Å². The van der Waals surface area contributed by atoms with Crippen LogP contribution >= 0.6 is 0 Å². The lowest BCUT2D eigenvalue weighted by atomic mass is 10.3. The largest absolute Gasteiger partial charge is 0.480 e. The highest BCUT2D eigenvalue weighted by atomic mass is 19.4. The molecule has 5 nitrogen and oxygen atoms in total. The molecule has 0 aromatic rings. The van der Waals surface area contributed by atoms with Crippen molar-refractivity contribution < 1.29 is 32.6 Å². The summed E-state index contributed by atoms with van der Waals surface area (Å²) in [4.78, 5) is 21.0. The number of ether oxygens (including phenoxy) is 1. The molecule has 0 aromatic carbocycles. The number of amides is 1. The molecule has 1 amide bonds. The molecule has 0 saturated heterocycles. The summed E-state index contributed by atoms with van der Waals surface area (Å²) < 4.78 is 40.3. The van der Waals surface area contributed by atoms with Gasteiger partial charge in [-0.2, -0.15) is 13.2 Å². The fraction of sp³-hybridized carbons (Fsp3) is 0.750. The van der Waals surface area contributed by atoms with Crippen LogP contribution in [-0.4, -0.2) is 41.9 Å². The number of hydrogen-bond donors (Lipinski definition) is 2. The smallest absolute Gasteiger partial charge is 0.471 e. The minimum absolute atomic E-state index is 0.343. The Kier molecular flexibility index (Phi) is 5.22. The highest BCUT2D eigenvalue weighted by Gasteiger charge is 2.40. The number of carbonyl (C=O) groups is 2. The van der Waals surface area contributed by atoms with Crippen molar-refractivity contribution in [1.29, 1.82) is 0 Å². The van der Waals surface area contributed by atoms with E-state index in [1.165, 1.54) is 5.32 Å². The molecule has 0 rings (SSSR count). The Labute approximate surface area is 89.6 Å². The summed E-state index contributed by atoms with van der Waals surface area (Å²) in [5.74, 6) is -3.88. The van der Waals surface area contributed by atoms with E-state index >= 15 is 0 Å². The van der Waals surface area contributed by atoms with Crippen molar-refractivity contribution in [2.45, 2.75) is 32.2 Å². The molecule has 0 fully saturated rings. The summed E-state index contributed by atoms with van der Waals surface area (Å²) >= 11 is 0. The number of rotatable bonds is 5. The fourth-order valence-electron chi connectivity index (χ4n) is 0.703. The third kappa shape index (κ3) is 5.54. The van der Waals surface area contributed by atoms with Crippen LogP contribution in [0.1, 0.15) is 13.8 Å². The molecule has 0 aromatic heterocycles. The van der Waals surface area contributed by atoms with Gasteiger partial charge in [0.1, 0.15) is 0 Å². The Bertz CT molecular complexity index is 264. The van der Waals surface area contributed by atoms with Gasteiger partial charge >= 0.3 is 18.1 Å². The van der Waals surface area contributed by atoms with Gasteiger partial charge in [-0.1, -0.05) is 0 Å². The van der Waals surface area contributed by atoms with Crippen molar-refractivity contribution in [3.63, 3.8) is 0 Å². The van der Waals surface area contributed by atoms with Gasteiger partial charge in [-0.05, 0) is 13.8 Å². The van der Waals surface area contributed by atoms with E-state index in [1.54, 1.807) is 13.8 Å². The lowest BCUT2D eigenvalue weighted by molar-refractivity contribution is -0.176. The normalized spacial score (nSPS) is 13.6. The predicted molar refractivity (Wildman–Crippen MR) is 46.7 cm³/mol. The Hall–Kier alpha value is -1.31. The van der Waals surface area contributed by atoms with Gasteiger partial charge < -0.3 is 15.2 Å². The predicted octanol–water partition coefficient (Wildman–Crippen LogP) is 0.543. The molecule has 94 valence electrons. The van der Waals surface area contributed by atoms with Gasteiger partial charge in [0.05, 0.1) is 12.7 Å². The molecule has 1 atom stereocenters. The standard InChI is InChI=1S/C8H12F3NO4/c1-4(2)16-3-5(6(13)14)12-7(15)8(9,10)11/h4-5H,3H2,1-2H3,(H,12,15)(H,13,14)/t5-/m1/s1. The van der Waals surface area contributed by atoms with Crippen molar-refractivity contribution in [3.05, 3.63) is 0 Å². The van der Waals surface area contributed by atoms with Gasteiger partial charge in [-0.15, -0.1) is 0 Å². The average Bonchev–Trinajstić information content (AvgIpc) is 2.09. The van der Waals surface area contributed by atoms with Gasteiger partial charge in [0, 0.05) is 0 Å². The molecule has 0 saturated carbocycles. The molecular weight excluding hydrogens is 231 g/mol. The third-order valence-electron chi connectivity index (χ3n) is 1.46. The van der Waals surface area contributed by atoms with E-state index < -0.39 is 30.7 Å². The van der Waals surface area contributed by atoms with E-state index in [9.17, 15) is 22.8 Å². The van der Waals surface area contributed by atoms with E-state index in [0.717, 1.165) is 0 Å². The first-order valence-corrected chi connectivity index (χ1v) is 4.36. The molecule has 0 spiro atoms. The molecular formula is C8H12F3NO4. The van der Waals surface area contributed by atoms with Crippen molar-refractivity contribution in [2.75, 3.05) is 6.61 Å². The molecule has 0 aliphatic rings. The molecule has 0 heterocycles. The zero-order chi connectivity index (χ0) is 12.9. The second kappa shape index (κ2) is 5.69. The number of carboxylic acid groups (broad SMARTS) is 1. The first-order valence-electron chi connectivity index (χ1n) is 4.36. The van der Waals surface area contributed by atoms with Crippen LogP contribution in [0.3, 0.4) is 0 Å². The SMILES string of the molecule is CC(C)OC[C@@H](NC(=O)C(F)(F)F)C(=O)O. The Morgan fingerprint density at radius 3 is 2.19 bits per heavy atom. The van der Waals surface area contributed by atoms with Gasteiger partial charge in [0.15, 0.2) is 6.04 Å². The number of nitrogens with one attached hydrogen (secondary N) is 1. The Balaban J connectivity index is 4.35. The summed E-state index contributed by atoms with van der Waals surface area (Å²) in [5, 5.41) is 9.86. The summed E-state index contributed by atoms with van der Waals surface area (Å²) in [6.07, 6.45) is -5.45. The maximum atomic E-state index is 11.8. The van der Waals surface area contributed by atoms with Crippen LogP contribution in [0.15, 0.2) is 0 Å². The van der Waals surface area contributed by atoms with E-state index in [1.807, 2.05) is 0 Å². The van der Waals surface area contributed by atoms with Crippen LogP contribution in [0.5, 0.6) is 0 Å². The molecule has 0 radical (unpaired) electrons. The van der Waals surface area contributed by atoms with Crippen LogP contribution in [-0.2, 0) is 14.3 Å². The number of halogens is 3. The fourth-order valence-corrected chi connectivity index (χ4v) is 0.703. The van der Waals surface area contributed by atoms with E-state index in [-0.39, 0.29) is 6.10 Å². The molecule has 0 unspecified atom stereocenters. The summed E-state index contributed by atoms with van der Waals surface area (Å²) in [5.41, 5.74) is 0. The van der Waals surface area contributed by atoms with Crippen LogP contribution in [0.2, 0.25) is 0 Å². The lowest BCUT2D eigenvalue weighted by Gasteiger charge is -2.17. The first-order chi connectivity index (χ1) is 7.14. The van der Waals surface area contributed by atoms with Gasteiger partial charge in [-0.3, -0.25) is 4.79 Å². The van der Waals surface area contributed by atoms with Gasteiger partial charge in [0.2, 0.25) is 0 Å². The van der Waals surface area contributed by atoms with Crippen molar-refractivity contribution in [2.24, 2.45) is 0 Å². The Morgan fingerprint density at radius 2 is 1.88 bits per heavy atom. The maximum absolute atomic E-state index is 11.8. The highest BCUT2D eigenvalue weighted by Crippen LogP contribution is 2.14. The van der Waals surface area contributed by atoms with Gasteiger partial charge in [0.25, 0.3) is 0 Å². The number of carboxylic acids is 1.